The van der Waals surface area contributed by atoms with Gasteiger partial charge in [0.25, 0.3) is 0 Å². The van der Waals surface area contributed by atoms with Crippen LogP contribution in [0.2, 0.25) is 0 Å². The van der Waals surface area contributed by atoms with Gasteiger partial charge >= 0.3 is 0 Å². The molecule has 0 amide bonds. The van der Waals surface area contributed by atoms with Gasteiger partial charge in [0.15, 0.2) is 0 Å². The van der Waals surface area contributed by atoms with E-state index in [1.54, 1.807) is 0 Å². The Kier molecular flexibility index (Phi) is 5.36. The van der Waals surface area contributed by atoms with Crippen LogP contribution in [0.25, 0.3) is 0 Å². The van der Waals surface area contributed by atoms with Gasteiger partial charge in [0.05, 0.1) is 28.1 Å². The van der Waals surface area contributed by atoms with Gasteiger partial charge in [0, 0.05) is 6.42 Å². The molecule has 0 aromatic heterocycles. The van der Waals surface area contributed by atoms with E-state index in [-0.39, 0.29) is 0 Å². The molecular formula is C13H24O10. The first-order chi connectivity index (χ1) is 11.5. The Labute approximate surface area is 134 Å². The monoisotopic (exact) mass is 342 g/mol. The van der Waals surface area contributed by atoms with Crippen LogP contribution in [-0.4, -0.2) is 115 Å². The van der Waals surface area contributed by atoms with Crippen molar-refractivity contribution in [2.75, 3.05) is 13.2 Å². The highest BCUT2D eigenvalue weighted by atomic mass is 16.6. The molecule has 2 aliphatic rings. The lowest BCUT2D eigenvalue weighted by Crippen LogP contribution is -2.62. The first kappa shape index (κ1) is 16.1. The van der Waals surface area contributed by atoms with Crippen LogP contribution >= 0.6 is 0 Å². The normalized spacial score (nSPS) is 59.3. The lowest BCUT2D eigenvalue weighted by atomic mass is 9.87. The van der Waals surface area contributed by atoms with Gasteiger partial charge in [-0.3, -0.25) is 0 Å². The van der Waals surface area contributed by atoms with E-state index in [2.05, 4.69) is 0 Å². The molecule has 2 aliphatic heterocycles. The van der Waals surface area contributed by atoms with E-state index in [1.807, 2.05) is 0 Å². The molecule has 0 bridgehead atoms. The highest BCUT2D eigenvalue weighted by Gasteiger charge is 2.48. The lowest BCUT2D eigenvalue weighted by molar-refractivity contribution is -0.262. The predicted molar refractivity (Wildman–Crippen MR) is 72.2 cm³/mol. The van der Waals surface area contributed by atoms with Gasteiger partial charge < -0.3 is 50.3 Å². The standard InChI is InChI=1S/C13H24O10/c14-2-6-10(18)12(20)8(16)4(22-6)1-5-9(17)13(21)11(19)7(3-15)23-5/h4-21H,1-3H2/t4-,5-,6?,7?,8?,9?,10+,11+,12+,13?/m0/s1/i4D,5D. The van der Waals surface area contributed by atoms with Gasteiger partial charge in [0.2, 0.25) is 0 Å². The van der Waals surface area contributed by atoms with Crippen molar-refractivity contribution in [3.8, 4) is 0 Å². The van der Waals surface area contributed by atoms with E-state index >= 15 is 0 Å². The third kappa shape index (κ3) is 3.66. The number of rotatable bonds is 4. The van der Waals surface area contributed by atoms with E-state index in [0.717, 1.165) is 0 Å². The maximum atomic E-state index is 10.1. The molecule has 10 atom stereocenters. The third-order valence-corrected chi connectivity index (χ3v) is 4.08. The molecule has 0 saturated carbocycles. The Bertz CT molecular complexity index is 428. The molecule has 0 spiro atoms. The van der Waals surface area contributed by atoms with Crippen molar-refractivity contribution >= 4 is 0 Å². The van der Waals surface area contributed by atoms with Crippen molar-refractivity contribution in [1.82, 2.24) is 0 Å². The quantitative estimate of drug-likeness (QED) is 0.246. The summed E-state index contributed by atoms with van der Waals surface area (Å²) in [6.07, 6.45) is -20.0. The summed E-state index contributed by atoms with van der Waals surface area (Å²) in [5.41, 5.74) is 0. The van der Waals surface area contributed by atoms with E-state index in [0.29, 0.717) is 0 Å². The van der Waals surface area contributed by atoms with Crippen molar-refractivity contribution in [1.29, 1.82) is 0 Å². The molecule has 0 aliphatic carbocycles. The summed E-state index contributed by atoms with van der Waals surface area (Å²) >= 11 is 0. The number of aliphatic hydroxyl groups excluding tert-OH is 8. The molecule has 2 saturated heterocycles. The molecule has 23 heavy (non-hydrogen) atoms. The Morgan fingerprint density at radius 1 is 0.609 bits per heavy atom. The second kappa shape index (κ2) is 7.66. The fraction of sp³-hybridized carbons (Fsp3) is 1.00. The SMILES string of the molecule is [2H][C@@]1(C[C@]2([2H])OC(CO)[C@@H](O)[C@H](O)C2O)OC(CO)[C@@H](O)C(O)C1O. The van der Waals surface area contributed by atoms with Gasteiger partial charge in [-0.2, -0.15) is 0 Å². The minimum absolute atomic E-state index is 0.791. The fourth-order valence-corrected chi connectivity index (χ4v) is 2.62. The number of aliphatic hydroxyl groups is 8. The predicted octanol–water partition coefficient (Wildman–Crippen LogP) is -4.94. The zero-order valence-electron chi connectivity index (χ0n) is 14.1. The minimum atomic E-state index is -2.49. The first-order valence-corrected chi connectivity index (χ1v) is 7.16. The smallest absolute Gasteiger partial charge is 0.111 e. The Balaban J connectivity index is 2.28. The van der Waals surface area contributed by atoms with Crippen molar-refractivity contribution in [2.45, 2.75) is 67.4 Å². The third-order valence-electron chi connectivity index (χ3n) is 4.08. The summed E-state index contributed by atoms with van der Waals surface area (Å²) in [5.74, 6) is 0. The second-order valence-electron chi connectivity index (χ2n) is 5.64. The van der Waals surface area contributed by atoms with E-state index in [1.165, 1.54) is 0 Å². The van der Waals surface area contributed by atoms with Gasteiger partial charge in [-0.25, -0.2) is 0 Å². The first-order valence-electron chi connectivity index (χ1n) is 8.16. The summed E-state index contributed by atoms with van der Waals surface area (Å²) in [6, 6.07) is 0. The van der Waals surface area contributed by atoms with Crippen LogP contribution in [0.1, 0.15) is 9.16 Å². The average Bonchev–Trinajstić information content (AvgIpc) is 2.58. The molecule has 0 radical (unpaired) electrons. The molecule has 10 nitrogen and oxygen atoms in total. The summed E-state index contributed by atoms with van der Waals surface area (Å²) in [5, 5.41) is 77.6. The Hall–Kier alpha value is -0.400. The van der Waals surface area contributed by atoms with Crippen molar-refractivity contribution < 1.29 is 53.1 Å². The Morgan fingerprint density at radius 2 is 0.957 bits per heavy atom. The molecular weight excluding hydrogens is 316 g/mol. The second-order valence-corrected chi connectivity index (χ2v) is 5.64. The number of ether oxygens (including phenoxy) is 2. The average molecular weight is 342 g/mol. The molecule has 136 valence electrons. The summed E-state index contributed by atoms with van der Waals surface area (Å²) in [7, 11) is 0. The van der Waals surface area contributed by atoms with Crippen molar-refractivity contribution in [3.05, 3.63) is 0 Å². The lowest BCUT2D eigenvalue weighted by Gasteiger charge is -2.44. The van der Waals surface area contributed by atoms with Gasteiger partial charge in [-0.15, -0.1) is 0 Å². The van der Waals surface area contributed by atoms with Crippen LogP contribution < -0.4 is 0 Å². The van der Waals surface area contributed by atoms with Crippen LogP contribution in [0.3, 0.4) is 0 Å². The van der Waals surface area contributed by atoms with E-state index in [9.17, 15) is 40.9 Å². The molecule has 2 fully saturated rings. The maximum Gasteiger partial charge on any atom is 0.111 e. The highest BCUT2D eigenvalue weighted by Crippen LogP contribution is 2.29. The van der Waals surface area contributed by atoms with Gasteiger partial charge in [0.1, 0.15) is 48.8 Å². The van der Waals surface area contributed by atoms with Crippen LogP contribution in [-0.2, 0) is 9.47 Å². The topological polar surface area (TPSA) is 180 Å². The van der Waals surface area contributed by atoms with Crippen LogP contribution in [0.15, 0.2) is 0 Å². The summed E-state index contributed by atoms with van der Waals surface area (Å²) in [6.45, 7) is -1.58. The van der Waals surface area contributed by atoms with Gasteiger partial charge in [-0.05, 0) is 0 Å². The molecule has 5 unspecified atom stereocenters. The number of hydrogen-bond acceptors (Lipinski definition) is 10. The number of hydrogen-bond donors (Lipinski definition) is 8. The van der Waals surface area contributed by atoms with Crippen molar-refractivity contribution in [3.63, 3.8) is 0 Å². The minimum Gasteiger partial charge on any atom is -0.394 e. The molecule has 0 aromatic rings. The van der Waals surface area contributed by atoms with Gasteiger partial charge in [-0.1, -0.05) is 0 Å². The zero-order chi connectivity index (χ0) is 19.2. The van der Waals surface area contributed by atoms with E-state index in [4.69, 9.17) is 12.2 Å². The zero-order valence-corrected chi connectivity index (χ0v) is 12.1. The molecule has 2 rings (SSSR count). The van der Waals surface area contributed by atoms with Crippen LogP contribution in [0, 0.1) is 0 Å². The maximum absolute atomic E-state index is 10.1. The highest BCUT2D eigenvalue weighted by molar-refractivity contribution is 4.97. The molecule has 8 N–H and O–H groups in total. The summed E-state index contributed by atoms with van der Waals surface area (Å²) < 4.78 is 26.6. The van der Waals surface area contributed by atoms with Crippen molar-refractivity contribution in [2.24, 2.45) is 0 Å². The fourth-order valence-electron chi connectivity index (χ4n) is 2.62. The van der Waals surface area contributed by atoms with Crippen LogP contribution in [0.4, 0.5) is 0 Å². The molecule has 10 heteroatoms. The largest absolute Gasteiger partial charge is 0.394 e. The summed E-state index contributed by atoms with van der Waals surface area (Å²) in [4.78, 5) is 0. The van der Waals surface area contributed by atoms with Crippen LogP contribution in [0.5, 0.6) is 0 Å². The molecule has 2 heterocycles. The molecule has 0 aromatic carbocycles. The van der Waals surface area contributed by atoms with E-state index < -0.39 is 80.6 Å². The Morgan fingerprint density at radius 3 is 1.26 bits per heavy atom.